The number of carbonyl (C=O) groups is 1. The molecule has 1 aliphatic rings. The molecule has 1 aliphatic heterocycles. The van der Waals surface area contributed by atoms with E-state index in [0.29, 0.717) is 32.4 Å². The van der Waals surface area contributed by atoms with E-state index in [1.54, 1.807) is 7.05 Å². The van der Waals surface area contributed by atoms with Crippen molar-refractivity contribution in [1.29, 1.82) is 0 Å². The van der Waals surface area contributed by atoms with Crippen molar-refractivity contribution >= 4 is 27.5 Å². The zero-order valence-corrected chi connectivity index (χ0v) is 12.7. The van der Waals surface area contributed by atoms with Crippen LogP contribution >= 0.6 is 11.6 Å². The number of hydrogen-bond acceptors (Lipinski definition) is 4. The second kappa shape index (κ2) is 5.71. The quantitative estimate of drug-likeness (QED) is 0.865. The first-order valence-corrected chi connectivity index (χ1v) is 8.09. The first-order chi connectivity index (χ1) is 9.32. The highest BCUT2D eigenvalue weighted by Gasteiger charge is 2.33. The lowest BCUT2D eigenvalue weighted by atomic mass is 9.94. The molecule has 20 heavy (non-hydrogen) atoms. The van der Waals surface area contributed by atoms with Crippen molar-refractivity contribution in [3.63, 3.8) is 0 Å². The Hall–Kier alpha value is -1.12. The Morgan fingerprint density at radius 2 is 2.10 bits per heavy atom. The number of nitrogens with two attached hydrogens (primary N) is 1. The van der Waals surface area contributed by atoms with Crippen LogP contribution in [0.1, 0.15) is 19.3 Å². The molecule has 0 aliphatic carbocycles. The number of halogens is 1. The predicted octanol–water partition coefficient (Wildman–Crippen LogP) is 0.350. The number of hydrogen-bond donors (Lipinski definition) is 1. The number of rotatable bonds is 4. The highest BCUT2D eigenvalue weighted by molar-refractivity contribution is 7.89. The lowest BCUT2D eigenvalue weighted by Crippen LogP contribution is -2.39. The van der Waals surface area contributed by atoms with Crippen LogP contribution in [0.3, 0.4) is 0 Å². The van der Waals surface area contributed by atoms with Gasteiger partial charge in [0.1, 0.15) is 5.15 Å². The number of primary amides is 1. The second-order valence-corrected chi connectivity index (χ2v) is 7.18. The Balaban J connectivity index is 2.10. The molecule has 0 aromatic carbocycles. The number of imidazole rings is 1. The van der Waals surface area contributed by atoms with Crippen LogP contribution in [0.4, 0.5) is 0 Å². The number of nitrogens with zero attached hydrogens (tertiary/aromatic N) is 3. The number of carbonyl (C=O) groups excluding carboxylic acids is 1. The molecule has 112 valence electrons. The van der Waals surface area contributed by atoms with Gasteiger partial charge in [-0.3, -0.25) is 4.79 Å². The molecule has 0 atom stereocenters. The van der Waals surface area contributed by atoms with Crippen molar-refractivity contribution in [1.82, 2.24) is 13.9 Å². The molecule has 2 N–H and O–H groups in total. The Bertz CT molecular complexity index is 605. The average Bonchev–Trinajstić information content (AvgIpc) is 2.70. The van der Waals surface area contributed by atoms with E-state index in [-0.39, 0.29) is 22.0 Å². The van der Waals surface area contributed by atoms with Gasteiger partial charge in [0.25, 0.3) is 10.0 Å². The van der Waals surface area contributed by atoms with Gasteiger partial charge in [0.05, 0.1) is 6.33 Å². The lowest BCUT2D eigenvalue weighted by molar-refractivity contribution is -0.119. The van der Waals surface area contributed by atoms with Gasteiger partial charge in [0.15, 0.2) is 0 Å². The zero-order valence-electron chi connectivity index (χ0n) is 11.1. The molecule has 7 nitrogen and oxygen atoms in total. The third-order valence-electron chi connectivity index (χ3n) is 3.48. The minimum atomic E-state index is -3.67. The summed E-state index contributed by atoms with van der Waals surface area (Å²) >= 11 is 5.94. The summed E-state index contributed by atoms with van der Waals surface area (Å²) in [6.45, 7) is 0.709. The first-order valence-electron chi connectivity index (χ1n) is 6.27. The van der Waals surface area contributed by atoms with Crippen molar-refractivity contribution in [2.24, 2.45) is 18.7 Å². The van der Waals surface area contributed by atoms with E-state index >= 15 is 0 Å². The summed E-state index contributed by atoms with van der Waals surface area (Å²) < 4.78 is 27.7. The van der Waals surface area contributed by atoms with Crippen LogP contribution < -0.4 is 5.73 Å². The highest BCUT2D eigenvalue weighted by atomic mass is 35.5. The number of amides is 1. The minimum Gasteiger partial charge on any atom is -0.370 e. The molecule has 1 fully saturated rings. The van der Waals surface area contributed by atoms with Crippen LogP contribution in [0.15, 0.2) is 11.4 Å². The van der Waals surface area contributed by atoms with E-state index in [9.17, 15) is 13.2 Å². The Labute approximate surface area is 122 Å². The Morgan fingerprint density at radius 1 is 1.50 bits per heavy atom. The number of piperidine rings is 1. The maximum atomic E-state index is 12.4. The van der Waals surface area contributed by atoms with Gasteiger partial charge in [-0.1, -0.05) is 11.6 Å². The molecule has 1 aromatic rings. The molecule has 2 heterocycles. The molecular weight excluding hydrogens is 304 g/mol. The SMILES string of the molecule is Cn1cnc(S(=O)(=O)N2CCC(CC(N)=O)CC2)c1Cl. The monoisotopic (exact) mass is 320 g/mol. The third kappa shape index (κ3) is 2.97. The van der Waals surface area contributed by atoms with Crippen LogP contribution in [0.25, 0.3) is 0 Å². The molecule has 0 spiro atoms. The first kappa shape index (κ1) is 15.3. The summed E-state index contributed by atoms with van der Waals surface area (Å²) in [6.07, 6.45) is 2.91. The van der Waals surface area contributed by atoms with Crippen LogP contribution in [0.5, 0.6) is 0 Å². The molecule has 0 bridgehead atoms. The average molecular weight is 321 g/mol. The minimum absolute atomic E-state index is 0.101. The van der Waals surface area contributed by atoms with Gasteiger partial charge in [-0.2, -0.15) is 4.31 Å². The second-order valence-electron chi connectivity index (χ2n) is 4.97. The molecule has 0 radical (unpaired) electrons. The van der Waals surface area contributed by atoms with Crippen molar-refractivity contribution in [3.8, 4) is 0 Å². The summed E-state index contributed by atoms with van der Waals surface area (Å²) in [5.41, 5.74) is 5.16. The van der Waals surface area contributed by atoms with E-state index in [1.807, 2.05) is 0 Å². The molecule has 0 saturated carbocycles. The highest BCUT2D eigenvalue weighted by Crippen LogP contribution is 2.27. The van der Waals surface area contributed by atoms with E-state index in [2.05, 4.69) is 4.98 Å². The number of sulfonamides is 1. The number of aromatic nitrogens is 2. The van der Waals surface area contributed by atoms with Gasteiger partial charge < -0.3 is 10.3 Å². The fourth-order valence-electron chi connectivity index (χ4n) is 2.33. The maximum absolute atomic E-state index is 12.4. The van der Waals surface area contributed by atoms with E-state index in [0.717, 1.165) is 0 Å². The zero-order chi connectivity index (χ0) is 14.9. The number of aryl methyl sites for hydroxylation is 1. The van der Waals surface area contributed by atoms with Gasteiger partial charge in [-0.15, -0.1) is 0 Å². The summed E-state index contributed by atoms with van der Waals surface area (Å²) in [6, 6.07) is 0. The van der Waals surface area contributed by atoms with Crippen molar-refractivity contribution in [2.75, 3.05) is 13.1 Å². The summed E-state index contributed by atoms with van der Waals surface area (Å²) in [7, 11) is -2.04. The van der Waals surface area contributed by atoms with Crippen molar-refractivity contribution < 1.29 is 13.2 Å². The smallest absolute Gasteiger partial charge is 0.263 e. The lowest BCUT2D eigenvalue weighted by Gasteiger charge is -2.30. The third-order valence-corrected chi connectivity index (χ3v) is 5.87. The maximum Gasteiger partial charge on any atom is 0.263 e. The van der Waals surface area contributed by atoms with Crippen LogP contribution in [-0.2, 0) is 21.9 Å². The standard InChI is InChI=1S/C11H17ClN4O3S/c1-15-7-14-11(10(15)12)20(18,19)16-4-2-8(3-5-16)6-9(13)17/h7-8H,2-6H2,1H3,(H2,13,17). The van der Waals surface area contributed by atoms with E-state index < -0.39 is 10.0 Å². The summed E-state index contributed by atoms with van der Waals surface area (Å²) in [5.74, 6) is -0.197. The summed E-state index contributed by atoms with van der Waals surface area (Å²) in [5, 5.41) is -0.0146. The van der Waals surface area contributed by atoms with E-state index in [1.165, 1.54) is 15.2 Å². The summed E-state index contributed by atoms with van der Waals surface area (Å²) in [4.78, 5) is 14.7. The Kier molecular flexibility index (Phi) is 4.36. The molecule has 2 rings (SSSR count). The van der Waals surface area contributed by atoms with Gasteiger partial charge in [-0.05, 0) is 18.8 Å². The Morgan fingerprint density at radius 3 is 2.55 bits per heavy atom. The molecule has 9 heteroatoms. The normalized spacial score (nSPS) is 18.3. The van der Waals surface area contributed by atoms with Crippen molar-refractivity contribution in [2.45, 2.75) is 24.3 Å². The van der Waals surface area contributed by atoms with Crippen LogP contribution in [-0.4, -0.2) is 41.3 Å². The largest absolute Gasteiger partial charge is 0.370 e. The van der Waals surface area contributed by atoms with E-state index in [4.69, 9.17) is 17.3 Å². The fourth-order valence-corrected chi connectivity index (χ4v) is 4.19. The van der Waals surface area contributed by atoms with Gasteiger partial charge in [0.2, 0.25) is 10.9 Å². The molecule has 0 unspecified atom stereocenters. The fraction of sp³-hybridized carbons (Fsp3) is 0.636. The molecular formula is C11H17ClN4O3S. The van der Waals surface area contributed by atoms with Gasteiger partial charge >= 0.3 is 0 Å². The van der Waals surface area contributed by atoms with Gasteiger partial charge in [0, 0.05) is 26.6 Å². The topological polar surface area (TPSA) is 98.3 Å². The van der Waals surface area contributed by atoms with Crippen LogP contribution in [0.2, 0.25) is 5.15 Å². The van der Waals surface area contributed by atoms with Gasteiger partial charge in [-0.25, -0.2) is 13.4 Å². The predicted molar refractivity (Wildman–Crippen MR) is 73.5 cm³/mol. The molecule has 1 aromatic heterocycles. The van der Waals surface area contributed by atoms with Crippen LogP contribution in [0, 0.1) is 5.92 Å². The van der Waals surface area contributed by atoms with Crippen molar-refractivity contribution in [3.05, 3.63) is 11.5 Å². The molecule has 1 saturated heterocycles. The molecule has 1 amide bonds.